The summed E-state index contributed by atoms with van der Waals surface area (Å²) in [4.78, 5) is 17.8. The maximum atomic E-state index is 12.2. The van der Waals surface area contributed by atoms with Crippen LogP contribution in [0, 0.1) is 5.92 Å². The van der Waals surface area contributed by atoms with Crippen LogP contribution in [0.25, 0.3) is 0 Å². The van der Waals surface area contributed by atoms with Crippen molar-refractivity contribution in [2.24, 2.45) is 5.92 Å². The first kappa shape index (κ1) is 12.8. The summed E-state index contributed by atoms with van der Waals surface area (Å²) in [5, 5.41) is 2.99. The van der Waals surface area contributed by atoms with Gasteiger partial charge in [0.1, 0.15) is 0 Å². The molecule has 1 aromatic carbocycles. The Morgan fingerprint density at radius 2 is 2.16 bits per heavy atom. The lowest BCUT2D eigenvalue weighted by molar-refractivity contribution is -0.120. The van der Waals surface area contributed by atoms with Crippen LogP contribution >= 0.6 is 27.3 Å². The number of hydrogen-bond donors (Lipinski definition) is 1. The van der Waals surface area contributed by atoms with E-state index in [1.807, 2.05) is 29.8 Å². The second kappa shape index (κ2) is 5.43. The minimum absolute atomic E-state index is 0.0663. The Bertz CT molecular complexity index is 594. The van der Waals surface area contributed by atoms with Gasteiger partial charge in [0.15, 0.2) is 0 Å². The molecule has 3 nitrogen and oxygen atoms in total. The van der Waals surface area contributed by atoms with Gasteiger partial charge in [0.25, 0.3) is 0 Å². The third-order valence-corrected chi connectivity index (χ3v) is 4.80. The van der Waals surface area contributed by atoms with Gasteiger partial charge < -0.3 is 5.32 Å². The fourth-order valence-corrected chi connectivity index (χ4v) is 3.46. The van der Waals surface area contributed by atoms with E-state index in [1.165, 1.54) is 10.6 Å². The summed E-state index contributed by atoms with van der Waals surface area (Å²) >= 11 is 5.04. The fourth-order valence-electron chi connectivity index (χ4n) is 2.30. The van der Waals surface area contributed by atoms with Gasteiger partial charge in [0, 0.05) is 21.0 Å². The van der Waals surface area contributed by atoms with E-state index >= 15 is 0 Å². The van der Waals surface area contributed by atoms with Crippen LogP contribution in [0.4, 0.5) is 5.69 Å². The number of thiazole rings is 1. The average Bonchev–Trinajstić information content (AvgIpc) is 2.88. The molecule has 1 heterocycles. The molecule has 1 aliphatic rings. The van der Waals surface area contributed by atoms with E-state index in [4.69, 9.17) is 0 Å². The van der Waals surface area contributed by atoms with Crippen LogP contribution in [-0.4, -0.2) is 10.9 Å². The number of aromatic nitrogens is 1. The number of anilines is 1. The smallest absolute Gasteiger partial charge is 0.227 e. The van der Waals surface area contributed by atoms with E-state index < -0.39 is 0 Å². The Hall–Kier alpha value is -1.20. The van der Waals surface area contributed by atoms with E-state index in [-0.39, 0.29) is 11.8 Å². The highest BCUT2D eigenvalue weighted by molar-refractivity contribution is 9.10. The van der Waals surface area contributed by atoms with Gasteiger partial charge in [0.05, 0.1) is 11.2 Å². The molecule has 19 heavy (non-hydrogen) atoms. The number of nitrogens with one attached hydrogen (secondary N) is 1. The zero-order chi connectivity index (χ0) is 13.2. The van der Waals surface area contributed by atoms with Crippen LogP contribution in [0.1, 0.15) is 17.0 Å². The number of hydrogen-bond acceptors (Lipinski definition) is 3. The summed E-state index contributed by atoms with van der Waals surface area (Å²) < 4.78 is 1.01. The number of fused-ring (bicyclic) bond motifs is 1. The molecule has 0 saturated heterocycles. The molecule has 0 spiro atoms. The average molecular weight is 337 g/mol. The number of benzene rings is 1. The quantitative estimate of drug-likeness (QED) is 0.909. The van der Waals surface area contributed by atoms with Gasteiger partial charge in [-0.25, -0.2) is 4.98 Å². The molecule has 5 heteroatoms. The summed E-state index contributed by atoms with van der Waals surface area (Å²) in [5.41, 5.74) is 3.90. The lowest BCUT2D eigenvalue weighted by Crippen LogP contribution is -2.27. The largest absolute Gasteiger partial charge is 0.326 e. The topological polar surface area (TPSA) is 42.0 Å². The van der Waals surface area contributed by atoms with Gasteiger partial charge >= 0.3 is 0 Å². The molecule has 2 aromatic rings. The molecule has 1 amide bonds. The van der Waals surface area contributed by atoms with Crippen molar-refractivity contribution in [3.05, 3.63) is 44.8 Å². The van der Waals surface area contributed by atoms with Crippen LogP contribution in [0.3, 0.4) is 0 Å². The lowest BCUT2D eigenvalue weighted by atomic mass is 9.90. The molecule has 0 bridgehead atoms. The van der Waals surface area contributed by atoms with Crippen LogP contribution in [0.2, 0.25) is 0 Å². The predicted molar refractivity (Wildman–Crippen MR) is 80.4 cm³/mol. The predicted octanol–water partition coefficient (Wildman–Crippen LogP) is 3.65. The second-order valence-corrected chi connectivity index (χ2v) is 6.51. The van der Waals surface area contributed by atoms with Crippen LogP contribution < -0.4 is 5.32 Å². The van der Waals surface area contributed by atoms with Crippen molar-refractivity contribution < 1.29 is 4.79 Å². The Kier molecular flexibility index (Phi) is 3.66. The Balaban J connectivity index is 1.67. The lowest BCUT2D eigenvalue weighted by Gasteiger charge is -2.20. The molecule has 0 saturated carbocycles. The number of amides is 1. The monoisotopic (exact) mass is 336 g/mol. The molecule has 3 rings (SSSR count). The zero-order valence-electron chi connectivity index (χ0n) is 10.2. The molecule has 1 aromatic heterocycles. The van der Waals surface area contributed by atoms with Crippen molar-refractivity contribution in [3.63, 3.8) is 0 Å². The summed E-state index contributed by atoms with van der Waals surface area (Å²) in [6, 6.07) is 7.67. The van der Waals surface area contributed by atoms with Gasteiger partial charge in [0.2, 0.25) is 5.91 Å². The molecule has 0 fully saturated rings. The maximum absolute atomic E-state index is 12.2. The van der Waals surface area contributed by atoms with E-state index in [0.717, 1.165) is 29.4 Å². The van der Waals surface area contributed by atoms with Crippen molar-refractivity contribution in [2.75, 3.05) is 5.32 Å². The summed E-state index contributed by atoms with van der Waals surface area (Å²) in [5.74, 6) is 0.179. The highest BCUT2D eigenvalue weighted by atomic mass is 79.9. The van der Waals surface area contributed by atoms with Crippen molar-refractivity contribution >= 4 is 38.9 Å². The number of carbonyl (C=O) groups is 1. The van der Waals surface area contributed by atoms with Crippen molar-refractivity contribution in [1.29, 1.82) is 0 Å². The summed E-state index contributed by atoms with van der Waals surface area (Å²) in [6.45, 7) is 0. The van der Waals surface area contributed by atoms with Gasteiger partial charge in [-0.15, -0.1) is 11.3 Å². The van der Waals surface area contributed by atoms with Crippen LogP contribution in [0.5, 0.6) is 0 Å². The number of carbonyl (C=O) groups excluding carboxylic acids is 1. The van der Waals surface area contributed by atoms with Crippen molar-refractivity contribution in [3.8, 4) is 0 Å². The van der Waals surface area contributed by atoms with E-state index in [9.17, 15) is 4.79 Å². The first-order valence-electron chi connectivity index (χ1n) is 6.20. The second-order valence-electron chi connectivity index (χ2n) is 4.66. The van der Waals surface area contributed by atoms with E-state index in [0.29, 0.717) is 0 Å². The molecule has 1 N–H and O–H groups in total. The molecule has 1 aliphatic carbocycles. The van der Waals surface area contributed by atoms with Gasteiger partial charge in [-0.2, -0.15) is 0 Å². The molecule has 1 unspecified atom stereocenters. The number of aryl methyl sites for hydroxylation is 1. The zero-order valence-corrected chi connectivity index (χ0v) is 12.6. The summed E-state index contributed by atoms with van der Waals surface area (Å²) in [7, 11) is 0. The van der Waals surface area contributed by atoms with Crippen LogP contribution in [-0.2, 0) is 17.6 Å². The molecule has 0 aliphatic heterocycles. The van der Waals surface area contributed by atoms with E-state index in [1.54, 1.807) is 11.3 Å². The minimum Gasteiger partial charge on any atom is -0.326 e. The highest BCUT2D eigenvalue weighted by Crippen LogP contribution is 2.28. The molecule has 1 atom stereocenters. The SMILES string of the molecule is O=C(Nc1ccc(Br)cc1)C1CCc2ncsc2C1. The normalized spacial score (nSPS) is 17.8. The third kappa shape index (κ3) is 2.87. The Morgan fingerprint density at radius 1 is 1.37 bits per heavy atom. The molecular formula is C14H13BrN2OS. The third-order valence-electron chi connectivity index (χ3n) is 3.37. The minimum atomic E-state index is 0.0663. The first-order chi connectivity index (χ1) is 9.22. The van der Waals surface area contributed by atoms with Gasteiger partial charge in [-0.1, -0.05) is 15.9 Å². The Labute approximate surface area is 124 Å². The molecule has 0 radical (unpaired) electrons. The van der Waals surface area contributed by atoms with Gasteiger partial charge in [-0.3, -0.25) is 4.79 Å². The standard InChI is InChI=1S/C14H13BrN2OS/c15-10-2-4-11(5-3-10)17-14(18)9-1-6-12-13(7-9)19-8-16-12/h2-5,8-9H,1,6-7H2,(H,17,18). The first-order valence-corrected chi connectivity index (χ1v) is 7.87. The molecule has 98 valence electrons. The number of nitrogens with zero attached hydrogens (tertiary/aromatic N) is 1. The summed E-state index contributed by atoms with van der Waals surface area (Å²) in [6.07, 6.45) is 2.62. The highest BCUT2D eigenvalue weighted by Gasteiger charge is 2.26. The van der Waals surface area contributed by atoms with Crippen molar-refractivity contribution in [2.45, 2.75) is 19.3 Å². The van der Waals surface area contributed by atoms with Gasteiger partial charge in [-0.05, 0) is 43.5 Å². The molecular weight excluding hydrogens is 324 g/mol. The number of rotatable bonds is 2. The Morgan fingerprint density at radius 3 is 2.95 bits per heavy atom. The maximum Gasteiger partial charge on any atom is 0.227 e. The van der Waals surface area contributed by atoms with E-state index in [2.05, 4.69) is 26.2 Å². The van der Waals surface area contributed by atoms with Crippen molar-refractivity contribution in [1.82, 2.24) is 4.98 Å². The fraction of sp³-hybridized carbons (Fsp3) is 0.286. The number of halogens is 1. The van der Waals surface area contributed by atoms with Crippen LogP contribution in [0.15, 0.2) is 34.2 Å².